The Morgan fingerprint density at radius 3 is 2.36 bits per heavy atom. The van der Waals surface area contributed by atoms with Gasteiger partial charge < -0.3 is 9.64 Å². The molecule has 0 unspecified atom stereocenters. The number of fused-ring (bicyclic) bond motifs is 3. The third-order valence-corrected chi connectivity index (χ3v) is 4.75. The summed E-state index contributed by atoms with van der Waals surface area (Å²) in [7, 11) is 0.558. The SMILES string of the molecule is C/C=C(\C=C/CN(C)C)C(=O)OCC12COP(=O)(OC1)OC2. The molecule has 3 heterocycles. The summed E-state index contributed by atoms with van der Waals surface area (Å²) in [5.41, 5.74) is -0.0908. The molecule has 22 heavy (non-hydrogen) atoms. The zero-order chi connectivity index (χ0) is 16.2. The lowest BCUT2D eigenvalue weighted by Crippen LogP contribution is -2.48. The molecule has 2 bridgehead atoms. The molecule has 3 aliphatic heterocycles. The summed E-state index contributed by atoms with van der Waals surface area (Å²) in [6.45, 7) is 3.24. The first kappa shape index (κ1) is 17.4. The molecule has 7 nitrogen and oxygen atoms in total. The number of esters is 1. The van der Waals surface area contributed by atoms with E-state index in [1.807, 2.05) is 25.1 Å². The van der Waals surface area contributed by atoms with Gasteiger partial charge in [-0.05, 0) is 21.0 Å². The van der Waals surface area contributed by atoms with Crippen molar-refractivity contribution in [2.75, 3.05) is 47.1 Å². The highest BCUT2D eigenvalue weighted by Gasteiger charge is 2.51. The van der Waals surface area contributed by atoms with Gasteiger partial charge in [-0.1, -0.05) is 18.2 Å². The summed E-state index contributed by atoms with van der Waals surface area (Å²) < 4.78 is 32.2. The first-order valence-electron chi connectivity index (χ1n) is 7.06. The number of nitrogens with zero attached hydrogens (tertiary/aromatic N) is 1. The minimum atomic E-state index is -3.34. The van der Waals surface area contributed by atoms with E-state index in [9.17, 15) is 9.36 Å². The Kier molecular flexibility index (Phi) is 5.58. The van der Waals surface area contributed by atoms with E-state index in [1.165, 1.54) is 0 Å². The van der Waals surface area contributed by atoms with Crippen LogP contribution in [-0.4, -0.2) is 57.9 Å². The molecule has 3 rings (SSSR count). The van der Waals surface area contributed by atoms with Crippen molar-refractivity contribution in [2.45, 2.75) is 6.92 Å². The Morgan fingerprint density at radius 2 is 1.86 bits per heavy atom. The number of likely N-dealkylation sites (N-methyl/N-ethyl adjacent to an activating group) is 1. The van der Waals surface area contributed by atoms with Crippen LogP contribution in [0.4, 0.5) is 0 Å². The first-order valence-corrected chi connectivity index (χ1v) is 8.52. The molecule has 0 spiro atoms. The average Bonchev–Trinajstić information content (AvgIpc) is 2.51. The van der Waals surface area contributed by atoms with Crippen molar-refractivity contribution < 1.29 is 27.7 Å². The maximum Gasteiger partial charge on any atom is 0.474 e. The van der Waals surface area contributed by atoms with Gasteiger partial charge >= 0.3 is 13.8 Å². The van der Waals surface area contributed by atoms with Crippen LogP contribution in [-0.2, 0) is 27.7 Å². The van der Waals surface area contributed by atoms with Crippen LogP contribution in [0, 0.1) is 5.41 Å². The normalized spacial score (nSPS) is 31.9. The van der Waals surface area contributed by atoms with Gasteiger partial charge in [0.25, 0.3) is 0 Å². The van der Waals surface area contributed by atoms with Gasteiger partial charge in [-0.2, -0.15) is 0 Å². The van der Waals surface area contributed by atoms with Gasteiger partial charge in [-0.25, -0.2) is 9.36 Å². The van der Waals surface area contributed by atoms with E-state index in [0.717, 1.165) is 6.54 Å². The van der Waals surface area contributed by atoms with E-state index in [4.69, 9.17) is 18.3 Å². The molecule has 0 aliphatic carbocycles. The van der Waals surface area contributed by atoms with Crippen LogP contribution < -0.4 is 0 Å². The standard InChI is InChI=1S/C14H22NO6P/c1-4-12(6-5-7-15(2)3)13(16)18-8-14-9-19-22(17,20-10-14)21-11-14/h4-6H,7-11H2,1-3H3/b6-5-,12-4+. The number of hydrogen-bond donors (Lipinski definition) is 0. The lowest BCUT2D eigenvalue weighted by Gasteiger charge is -2.43. The second kappa shape index (κ2) is 7.06. The molecule has 0 radical (unpaired) electrons. The molecular weight excluding hydrogens is 309 g/mol. The van der Waals surface area contributed by atoms with Crippen molar-refractivity contribution in [3.05, 3.63) is 23.8 Å². The fraction of sp³-hybridized carbons (Fsp3) is 0.643. The molecule has 0 aromatic carbocycles. The number of carbonyl (C=O) groups is 1. The van der Waals surface area contributed by atoms with E-state index in [-0.39, 0.29) is 26.4 Å². The van der Waals surface area contributed by atoms with Gasteiger partial charge in [0.05, 0.1) is 30.8 Å². The fourth-order valence-corrected chi connectivity index (χ4v) is 3.50. The Bertz CT molecular complexity index is 496. The highest BCUT2D eigenvalue weighted by Crippen LogP contribution is 2.59. The van der Waals surface area contributed by atoms with Gasteiger partial charge in [0.1, 0.15) is 6.61 Å². The van der Waals surface area contributed by atoms with E-state index < -0.39 is 19.2 Å². The number of phosphoric ester groups is 1. The van der Waals surface area contributed by atoms with Crippen molar-refractivity contribution in [2.24, 2.45) is 5.41 Å². The monoisotopic (exact) mass is 331 g/mol. The Labute approximate surface area is 130 Å². The number of hydrogen-bond acceptors (Lipinski definition) is 7. The second-order valence-corrected chi connectivity index (χ2v) is 7.42. The molecule has 124 valence electrons. The largest absolute Gasteiger partial charge is 0.474 e. The highest BCUT2D eigenvalue weighted by molar-refractivity contribution is 7.48. The predicted octanol–water partition coefficient (Wildman–Crippen LogP) is 1.77. The van der Waals surface area contributed by atoms with Gasteiger partial charge in [0.15, 0.2) is 0 Å². The van der Waals surface area contributed by atoms with Gasteiger partial charge in [0, 0.05) is 6.54 Å². The molecule has 3 fully saturated rings. The summed E-state index contributed by atoms with van der Waals surface area (Å²) in [6, 6.07) is 0. The second-order valence-electron chi connectivity index (χ2n) is 5.75. The molecule has 0 aromatic heterocycles. The number of ether oxygens (including phenoxy) is 1. The summed E-state index contributed by atoms with van der Waals surface area (Å²) in [5.74, 6) is -0.411. The van der Waals surface area contributed by atoms with Crippen LogP contribution in [0.2, 0.25) is 0 Å². The quantitative estimate of drug-likeness (QED) is 0.318. The summed E-state index contributed by atoms with van der Waals surface area (Å²) >= 11 is 0. The lowest BCUT2D eigenvalue weighted by molar-refractivity contribution is -0.155. The van der Waals surface area contributed by atoms with Crippen molar-refractivity contribution in [3.63, 3.8) is 0 Å². The topological polar surface area (TPSA) is 74.3 Å². The zero-order valence-corrected chi connectivity index (χ0v) is 14.0. The third-order valence-electron chi connectivity index (χ3n) is 3.41. The molecule has 0 saturated carbocycles. The zero-order valence-electron chi connectivity index (χ0n) is 13.1. The van der Waals surface area contributed by atoms with Crippen LogP contribution in [0.25, 0.3) is 0 Å². The highest BCUT2D eigenvalue weighted by atomic mass is 31.2. The molecule has 0 amide bonds. The van der Waals surface area contributed by atoms with E-state index >= 15 is 0 Å². The molecule has 0 N–H and O–H groups in total. The Balaban J connectivity index is 1.87. The minimum Gasteiger partial charge on any atom is -0.461 e. The van der Waals surface area contributed by atoms with Gasteiger partial charge in [0.2, 0.25) is 0 Å². The first-order chi connectivity index (χ1) is 10.4. The van der Waals surface area contributed by atoms with Crippen molar-refractivity contribution >= 4 is 13.8 Å². The van der Waals surface area contributed by atoms with E-state index in [2.05, 4.69) is 0 Å². The van der Waals surface area contributed by atoms with Crippen LogP contribution in [0.1, 0.15) is 6.92 Å². The number of phosphoric acid groups is 1. The van der Waals surface area contributed by atoms with Crippen LogP contribution in [0.5, 0.6) is 0 Å². The number of rotatable bonds is 6. The smallest absolute Gasteiger partial charge is 0.461 e. The van der Waals surface area contributed by atoms with Crippen LogP contribution in [0.3, 0.4) is 0 Å². The Morgan fingerprint density at radius 1 is 1.27 bits per heavy atom. The molecule has 3 aliphatic rings. The molecule has 8 heteroatoms. The van der Waals surface area contributed by atoms with Crippen LogP contribution >= 0.6 is 7.82 Å². The average molecular weight is 331 g/mol. The van der Waals surface area contributed by atoms with Crippen molar-refractivity contribution in [1.82, 2.24) is 4.90 Å². The maximum absolute atomic E-state index is 12.1. The van der Waals surface area contributed by atoms with Crippen molar-refractivity contribution in [1.29, 1.82) is 0 Å². The maximum atomic E-state index is 12.1. The van der Waals surface area contributed by atoms with Gasteiger partial charge in [-0.15, -0.1) is 0 Å². The fourth-order valence-electron chi connectivity index (χ4n) is 1.98. The number of carbonyl (C=O) groups excluding carboxylic acids is 1. The Hall–Kier alpha value is -0.980. The van der Waals surface area contributed by atoms with Crippen LogP contribution in [0.15, 0.2) is 23.8 Å². The third kappa shape index (κ3) is 4.27. The molecule has 0 aromatic rings. The summed E-state index contributed by atoms with van der Waals surface area (Å²) in [4.78, 5) is 14.1. The molecule has 0 atom stereocenters. The summed E-state index contributed by atoms with van der Waals surface area (Å²) in [6.07, 6.45) is 5.33. The number of allylic oxidation sites excluding steroid dienone is 1. The van der Waals surface area contributed by atoms with E-state index in [0.29, 0.717) is 5.57 Å². The molecular formula is C14H22NO6P. The van der Waals surface area contributed by atoms with Gasteiger partial charge in [-0.3, -0.25) is 13.6 Å². The predicted molar refractivity (Wildman–Crippen MR) is 80.3 cm³/mol. The minimum absolute atomic E-state index is 0.102. The molecule has 3 saturated heterocycles. The lowest BCUT2D eigenvalue weighted by atomic mass is 9.92. The van der Waals surface area contributed by atoms with Crippen molar-refractivity contribution in [3.8, 4) is 0 Å². The summed E-state index contributed by atoms with van der Waals surface area (Å²) in [5, 5.41) is 0. The van der Waals surface area contributed by atoms with E-state index in [1.54, 1.807) is 19.1 Å².